The summed E-state index contributed by atoms with van der Waals surface area (Å²) in [6.07, 6.45) is 0. The Hall–Kier alpha value is -2.38. The topological polar surface area (TPSA) is 78.5 Å². The van der Waals surface area contributed by atoms with E-state index in [-0.39, 0.29) is 16.8 Å². The minimum Gasteiger partial charge on any atom is -0.350 e. The maximum Gasteiger partial charge on any atom is 0.262 e. The zero-order valence-corrected chi connectivity index (χ0v) is 18.8. The molecule has 0 heterocycles. The molecule has 1 amide bonds. The monoisotopic (exact) mass is 417 g/mol. The molecule has 0 bridgehead atoms. The number of aryl methyl sites for hydroxylation is 2. The summed E-state index contributed by atoms with van der Waals surface area (Å²) in [7, 11) is 0.143. The molecule has 0 radical (unpaired) electrons. The maximum atomic E-state index is 12.9. The highest BCUT2D eigenvalue weighted by Gasteiger charge is 2.21. The molecular formula is C22H31N3O3S. The number of hydrogen-bond donors (Lipinski definition) is 2. The number of carbonyl (C=O) groups is 1. The van der Waals surface area contributed by atoms with Gasteiger partial charge in [0.2, 0.25) is 0 Å². The Morgan fingerprint density at radius 3 is 2.21 bits per heavy atom. The van der Waals surface area contributed by atoms with Gasteiger partial charge in [-0.25, -0.2) is 8.42 Å². The van der Waals surface area contributed by atoms with Crippen molar-refractivity contribution in [1.82, 2.24) is 10.2 Å². The zero-order valence-electron chi connectivity index (χ0n) is 18.0. The molecule has 2 rings (SSSR count). The largest absolute Gasteiger partial charge is 0.350 e. The lowest BCUT2D eigenvalue weighted by atomic mass is 10.0. The Morgan fingerprint density at radius 1 is 1.03 bits per heavy atom. The van der Waals surface area contributed by atoms with Crippen LogP contribution in [0.25, 0.3) is 0 Å². The first-order valence-electron chi connectivity index (χ1n) is 9.66. The summed E-state index contributed by atoms with van der Waals surface area (Å²) in [5.41, 5.74) is 2.42. The number of anilines is 1. The molecule has 6 nitrogen and oxygen atoms in total. The van der Waals surface area contributed by atoms with Crippen molar-refractivity contribution >= 4 is 21.6 Å². The van der Waals surface area contributed by atoms with Crippen LogP contribution in [0.1, 0.15) is 35.3 Å². The van der Waals surface area contributed by atoms with Crippen molar-refractivity contribution in [3.63, 3.8) is 0 Å². The van der Waals surface area contributed by atoms with Gasteiger partial charge in [-0.05, 0) is 63.7 Å². The summed E-state index contributed by atoms with van der Waals surface area (Å²) in [6, 6.07) is 12.0. The Balaban J connectivity index is 2.22. The quantitative estimate of drug-likeness (QED) is 0.690. The summed E-state index contributed by atoms with van der Waals surface area (Å²) in [5, 5.41) is 2.92. The molecule has 0 saturated heterocycles. The molecule has 158 valence electrons. The van der Waals surface area contributed by atoms with Gasteiger partial charge in [-0.2, -0.15) is 0 Å². The molecule has 0 saturated carbocycles. The van der Waals surface area contributed by atoms with Gasteiger partial charge in [0, 0.05) is 23.8 Å². The van der Waals surface area contributed by atoms with Crippen LogP contribution in [0.15, 0.2) is 47.4 Å². The van der Waals surface area contributed by atoms with E-state index >= 15 is 0 Å². The molecule has 1 unspecified atom stereocenters. The van der Waals surface area contributed by atoms with Crippen molar-refractivity contribution < 1.29 is 13.2 Å². The van der Waals surface area contributed by atoms with Crippen molar-refractivity contribution in [3.8, 4) is 0 Å². The van der Waals surface area contributed by atoms with Gasteiger partial charge in [0.1, 0.15) is 0 Å². The Morgan fingerprint density at radius 2 is 1.66 bits per heavy atom. The van der Waals surface area contributed by atoms with E-state index in [0.29, 0.717) is 29.3 Å². The van der Waals surface area contributed by atoms with Crippen LogP contribution in [0.4, 0.5) is 5.69 Å². The average molecular weight is 418 g/mol. The average Bonchev–Trinajstić information content (AvgIpc) is 2.63. The summed E-state index contributed by atoms with van der Waals surface area (Å²) < 4.78 is 28.3. The molecule has 2 N–H and O–H groups in total. The van der Waals surface area contributed by atoms with E-state index in [1.54, 1.807) is 31.2 Å². The van der Waals surface area contributed by atoms with Crippen LogP contribution >= 0.6 is 0 Å². The van der Waals surface area contributed by atoms with Crippen LogP contribution < -0.4 is 10.0 Å². The third-order valence-electron chi connectivity index (χ3n) is 4.95. The molecule has 0 aliphatic heterocycles. The number of amides is 1. The summed E-state index contributed by atoms with van der Waals surface area (Å²) in [6.45, 7) is 8.34. The molecule has 0 aliphatic carbocycles. The van der Waals surface area contributed by atoms with Crippen LogP contribution in [0.3, 0.4) is 0 Å². The third-order valence-corrected chi connectivity index (χ3v) is 6.47. The standard InChI is InChI=1S/C22H31N3O3S/c1-15(2)20(25(5)6)14-23-22(26)18-10-9-17(4)21(13-18)29(27,28)24-19-11-7-16(3)8-12-19/h7-13,15,20,24H,14H2,1-6H3,(H,23,26). The van der Waals surface area contributed by atoms with Crippen molar-refractivity contribution in [2.24, 2.45) is 5.92 Å². The molecule has 0 fully saturated rings. The van der Waals surface area contributed by atoms with Gasteiger partial charge in [-0.15, -0.1) is 0 Å². The first kappa shape index (κ1) is 22.9. The number of nitrogens with one attached hydrogen (secondary N) is 2. The van der Waals surface area contributed by atoms with Crippen molar-refractivity contribution in [1.29, 1.82) is 0 Å². The predicted octanol–water partition coefficient (Wildman–Crippen LogP) is 3.42. The molecule has 0 aromatic heterocycles. The minimum atomic E-state index is -3.81. The van der Waals surface area contributed by atoms with Gasteiger partial charge in [0.15, 0.2) is 0 Å². The van der Waals surface area contributed by atoms with Crippen LogP contribution in [0, 0.1) is 19.8 Å². The number of hydrogen-bond acceptors (Lipinski definition) is 4. The van der Waals surface area contributed by atoms with E-state index in [2.05, 4.69) is 28.8 Å². The molecule has 7 heteroatoms. The lowest BCUT2D eigenvalue weighted by molar-refractivity contribution is 0.0934. The summed E-state index contributed by atoms with van der Waals surface area (Å²) in [4.78, 5) is 14.8. The van der Waals surface area contributed by atoms with Gasteiger partial charge in [-0.3, -0.25) is 9.52 Å². The maximum absolute atomic E-state index is 12.9. The van der Waals surface area contributed by atoms with Crippen LogP contribution in [-0.2, 0) is 10.0 Å². The molecule has 1 atom stereocenters. The third kappa shape index (κ3) is 6.05. The second-order valence-electron chi connectivity index (χ2n) is 7.94. The van der Waals surface area contributed by atoms with Gasteiger partial charge in [0.05, 0.1) is 4.90 Å². The number of nitrogens with zero attached hydrogens (tertiary/aromatic N) is 1. The molecule has 0 aliphatic rings. The first-order chi connectivity index (χ1) is 13.5. The van der Waals surface area contributed by atoms with E-state index in [0.717, 1.165) is 5.56 Å². The summed E-state index contributed by atoms with van der Waals surface area (Å²) in [5.74, 6) is 0.0854. The van der Waals surface area contributed by atoms with Crippen molar-refractivity contribution in [3.05, 3.63) is 59.2 Å². The molecule has 2 aromatic rings. The minimum absolute atomic E-state index is 0.0961. The highest BCUT2D eigenvalue weighted by atomic mass is 32.2. The fourth-order valence-electron chi connectivity index (χ4n) is 3.18. The van der Waals surface area contributed by atoms with Crippen LogP contribution in [0.2, 0.25) is 0 Å². The van der Waals surface area contributed by atoms with Crippen molar-refractivity contribution in [2.75, 3.05) is 25.4 Å². The molecule has 0 spiro atoms. The second kappa shape index (κ2) is 9.41. The van der Waals surface area contributed by atoms with E-state index in [4.69, 9.17) is 0 Å². The van der Waals surface area contributed by atoms with Crippen molar-refractivity contribution in [2.45, 2.75) is 38.6 Å². The van der Waals surface area contributed by atoms with E-state index in [1.165, 1.54) is 6.07 Å². The van der Waals surface area contributed by atoms with E-state index < -0.39 is 10.0 Å². The fraction of sp³-hybridized carbons (Fsp3) is 0.409. The lowest BCUT2D eigenvalue weighted by Crippen LogP contribution is -2.43. The Bertz CT molecular complexity index is 944. The Labute approximate surface area is 174 Å². The number of sulfonamides is 1. The van der Waals surface area contributed by atoms with Crippen LogP contribution in [0.5, 0.6) is 0 Å². The fourth-order valence-corrected chi connectivity index (χ4v) is 4.51. The summed E-state index contributed by atoms with van der Waals surface area (Å²) >= 11 is 0. The number of rotatable bonds is 8. The SMILES string of the molecule is Cc1ccc(NS(=O)(=O)c2cc(C(=O)NCC(C(C)C)N(C)C)ccc2C)cc1. The normalized spacial score (nSPS) is 12.8. The second-order valence-corrected chi connectivity index (χ2v) is 9.59. The van der Waals surface area contributed by atoms with E-state index in [1.807, 2.05) is 33.2 Å². The first-order valence-corrected chi connectivity index (χ1v) is 11.1. The number of benzene rings is 2. The number of carbonyl (C=O) groups excluding carboxylic acids is 1. The number of likely N-dealkylation sites (N-methyl/N-ethyl adjacent to an activating group) is 1. The highest BCUT2D eigenvalue weighted by Crippen LogP contribution is 2.21. The lowest BCUT2D eigenvalue weighted by Gasteiger charge is -2.28. The van der Waals surface area contributed by atoms with Gasteiger partial charge in [0.25, 0.3) is 15.9 Å². The van der Waals surface area contributed by atoms with E-state index in [9.17, 15) is 13.2 Å². The Kier molecular flexibility index (Phi) is 7.43. The van der Waals surface area contributed by atoms with Gasteiger partial charge >= 0.3 is 0 Å². The smallest absolute Gasteiger partial charge is 0.262 e. The van der Waals surface area contributed by atoms with Gasteiger partial charge in [-0.1, -0.05) is 37.6 Å². The highest BCUT2D eigenvalue weighted by molar-refractivity contribution is 7.92. The van der Waals surface area contributed by atoms with Crippen LogP contribution in [-0.4, -0.2) is 45.9 Å². The van der Waals surface area contributed by atoms with Gasteiger partial charge < -0.3 is 10.2 Å². The predicted molar refractivity (Wildman–Crippen MR) is 118 cm³/mol. The molecule has 2 aromatic carbocycles. The molecule has 29 heavy (non-hydrogen) atoms. The molecular weight excluding hydrogens is 386 g/mol. The zero-order chi connectivity index (χ0) is 21.8.